The molecule has 0 spiro atoms. The predicted molar refractivity (Wildman–Crippen MR) is 76.3 cm³/mol. The van der Waals surface area contributed by atoms with Gasteiger partial charge >= 0.3 is 0 Å². The average molecular weight is 284 g/mol. The summed E-state index contributed by atoms with van der Waals surface area (Å²) in [5.41, 5.74) is 2.06. The third-order valence-electron chi connectivity index (χ3n) is 3.12. The minimum Gasteiger partial charge on any atom is -0.493 e. The van der Waals surface area contributed by atoms with Crippen LogP contribution in [0.2, 0.25) is 0 Å². The van der Waals surface area contributed by atoms with E-state index in [0.29, 0.717) is 11.4 Å². The van der Waals surface area contributed by atoms with Crippen molar-refractivity contribution in [2.75, 3.05) is 0 Å². The van der Waals surface area contributed by atoms with Crippen molar-refractivity contribution in [2.24, 2.45) is 7.05 Å². The first-order valence-electron chi connectivity index (χ1n) is 6.21. The van der Waals surface area contributed by atoms with E-state index in [4.69, 9.17) is 0 Å². The molecule has 0 aliphatic heterocycles. The Morgan fingerprint density at radius 2 is 1.95 bits per heavy atom. The van der Waals surface area contributed by atoms with Gasteiger partial charge in [0, 0.05) is 43.2 Å². The SMILES string of the molecule is Cn1ccc(-c2cc(O)n(-c3ccc([N+](=O)[O-])cc3)n2)c1. The van der Waals surface area contributed by atoms with E-state index in [1.807, 2.05) is 30.1 Å². The van der Waals surface area contributed by atoms with Crippen LogP contribution in [0.4, 0.5) is 5.69 Å². The highest BCUT2D eigenvalue weighted by Crippen LogP contribution is 2.26. The predicted octanol–water partition coefficient (Wildman–Crippen LogP) is 2.49. The molecule has 2 heterocycles. The number of hydrogen-bond donors (Lipinski definition) is 1. The first-order chi connectivity index (χ1) is 10.0. The number of benzene rings is 1. The first kappa shape index (κ1) is 12.9. The number of nitro benzene ring substituents is 1. The molecular formula is C14H12N4O3. The molecule has 2 aromatic heterocycles. The maximum Gasteiger partial charge on any atom is 0.269 e. The lowest BCUT2D eigenvalue weighted by Crippen LogP contribution is -1.96. The number of rotatable bonds is 3. The van der Waals surface area contributed by atoms with Crippen LogP contribution in [0.5, 0.6) is 5.88 Å². The van der Waals surface area contributed by atoms with Crippen molar-refractivity contribution in [2.45, 2.75) is 0 Å². The summed E-state index contributed by atoms with van der Waals surface area (Å²) < 4.78 is 3.23. The van der Waals surface area contributed by atoms with Crippen LogP contribution in [0, 0.1) is 10.1 Å². The summed E-state index contributed by atoms with van der Waals surface area (Å²) in [6.07, 6.45) is 3.78. The molecule has 0 saturated carbocycles. The van der Waals surface area contributed by atoms with Crippen molar-refractivity contribution >= 4 is 5.69 Å². The summed E-state index contributed by atoms with van der Waals surface area (Å²) in [7, 11) is 1.90. The fraction of sp³-hybridized carbons (Fsp3) is 0.0714. The molecule has 1 aromatic carbocycles. The van der Waals surface area contributed by atoms with E-state index in [1.165, 1.54) is 16.8 Å². The van der Waals surface area contributed by atoms with Crippen LogP contribution in [0.15, 0.2) is 48.8 Å². The van der Waals surface area contributed by atoms with Crippen molar-refractivity contribution in [3.05, 3.63) is 58.9 Å². The molecule has 0 amide bonds. The van der Waals surface area contributed by atoms with Crippen LogP contribution in [0.25, 0.3) is 16.9 Å². The Morgan fingerprint density at radius 1 is 1.24 bits per heavy atom. The largest absolute Gasteiger partial charge is 0.493 e. The number of non-ortho nitro benzene ring substituents is 1. The molecule has 0 unspecified atom stereocenters. The Kier molecular flexibility index (Phi) is 2.94. The van der Waals surface area contributed by atoms with Crippen LogP contribution in [-0.2, 0) is 7.05 Å². The van der Waals surface area contributed by atoms with Gasteiger partial charge in [0.15, 0.2) is 0 Å². The maximum atomic E-state index is 10.6. The number of nitro groups is 1. The molecule has 0 fully saturated rings. The van der Waals surface area contributed by atoms with E-state index in [2.05, 4.69) is 5.10 Å². The lowest BCUT2D eigenvalue weighted by atomic mass is 10.2. The summed E-state index contributed by atoms with van der Waals surface area (Å²) in [6, 6.07) is 9.27. The minimum atomic E-state index is -0.470. The Morgan fingerprint density at radius 3 is 2.52 bits per heavy atom. The van der Waals surface area contributed by atoms with Gasteiger partial charge in [-0.1, -0.05) is 0 Å². The van der Waals surface area contributed by atoms with Gasteiger partial charge in [0.25, 0.3) is 5.69 Å². The minimum absolute atomic E-state index is 0.00585. The summed E-state index contributed by atoms with van der Waals surface area (Å²) >= 11 is 0. The summed E-state index contributed by atoms with van der Waals surface area (Å²) in [4.78, 5) is 10.2. The van der Waals surface area contributed by atoms with Gasteiger partial charge in [0.05, 0.1) is 16.3 Å². The highest BCUT2D eigenvalue weighted by atomic mass is 16.6. The fourth-order valence-corrected chi connectivity index (χ4v) is 2.07. The van der Waals surface area contributed by atoms with E-state index in [9.17, 15) is 15.2 Å². The second-order valence-corrected chi connectivity index (χ2v) is 4.64. The normalized spacial score (nSPS) is 10.7. The van der Waals surface area contributed by atoms with Gasteiger partial charge in [-0.25, -0.2) is 4.68 Å². The first-order valence-corrected chi connectivity index (χ1v) is 6.21. The van der Waals surface area contributed by atoms with Crippen LogP contribution in [-0.4, -0.2) is 24.4 Å². The summed E-state index contributed by atoms with van der Waals surface area (Å²) in [5.74, 6) is -0.0253. The van der Waals surface area contributed by atoms with Gasteiger partial charge in [0.1, 0.15) is 0 Å². The van der Waals surface area contributed by atoms with Gasteiger partial charge < -0.3 is 9.67 Å². The zero-order valence-corrected chi connectivity index (χ0v) is 11.2. The van der Waals surface area contributed by atoms with Gasteiger partial charge in [-0.05, 0) is 18.2 Å². The molecule has 21 heavy (non-hydrogen) atoms. The molecule has 0 atom stereocenters. The fourth-order valence-electron chi connectivity index (χ4n) is 2.07. The third-order valence-corrected chi connectivity index (χ3v) is 3.12. The molecule has 0 radical (unpaired) electrons. The van der Waals surface area contributed by atoms with Gasteiger partial charge in [0.2, 0.25) is 5.88 Å². The van der Waals surface area contributed by atoms with E-state index in [1.54, 1.807) is 18.2 Å². The van der Waals surface area contributed by atoms with Crippen molar-refractivity contribution in [1.29, 1.82) is 0 Å². The molecule has 7 nitrogen and oxygen atoms in total. The van der Waals surface area contributed by atoms with Crippen molar-refractivity contribution in [3.8, 4) is 22.8 Å². The second-order valence-electron chi connectivity index (χ2n) is 4.64. The highest BCUT2D eigenvalue weighted by molar-refractivity contribution is 5.60. The molecule has 3 rings (SSSR count). The van der Waals surface area contributed by atoms with E-state index < -0.39 is 4.92 Å². The molecule has 1 N–H and O–H groups in total. The number of aryl methyl sites for hydroxylation is 1. The zero-order chi connectivity index (χ0) is 15.0. The summed E-state index contributed by atoms with van der Waals surface area (Å²) in [6.45, 7) is 0. The standard InChI is InChI=1S/C14H12N4O3/c1-16-7-6-10(9-16)13-8-14(19)17(15-13)11-2-4-12(5-3-11)18(20)21/h2-9,19H,1H3. The molecular weight excluding hydrogens is 272 g/mol. The van der Waals surface area contributed by atoms with Crippen LogP contribution in [0.1, 0.15) is 0 Å². The number of aromatic hydroxyl groups is 1. The Balaban J connectivity index is 1.99. The van der Waals surface area contributed by atoms with Crippen LogP contribution in [0.3, 0.4) is 0 Å². The van der Waals surface area contributed by atoms with E-state index >= 15 is 0 Å². The molecule has 0 bridgehead atoms. The highest BCUT2D eigenvalue weighted by Gasteiger charge is 2.12. The summed E-state index contributed by atoms with van der Waals surface area (Å²) in [5, 5.41) is 25.0. The topological polar surface area (TPSA) is 86.1 Å². The van der Waals surface area contributed by atoms with Crippen LogP contribution < -0.4 is 0 Å². The molecule has 106 valence electrons. The Labute approximate surface area is 119 Å². The van der Waals surface area contributed by atoms with E-state index in [-0.39, 0.29) is 11.6 Å². The monoisotopic (exact) mass is 284 g/mol. The third kappa shape index (κ3) is 2.36. The van der Waals surface area contributed by atoms with Gasteiger partial charge in [-0.3, -0.25) is 10.1 Å². The van der Waals surface area contributed by atoms with E-state index in [0.717, 1.165) is 5.56 Å². The smallest absolute Gasteiger partial charge is 0.269 e. The number of aromatic nitrogens is 3. The Hall–Kier alpha value is -3.09. The maximum absolute atomic E-state index is 10.6. The number of hydrogen-bond acceptors (Lipinski definition) is 4. The second kappa shape index (κ2) is 4.78. The van der Waals surface area contributed by atoms with Gasteiger partial charge in [-0.15, -0.1) is 0 Å². The zero-order valence-electron chi connectivity index (χ0n) is 11.2. The molecule has 7 heteroatoms. The Bertz CT molecular complexity index is 802. The molecule has 0 aliphatic carbocycles. The molecule has 0 aliphatic rings. The lowest BCUT2D eigenvalue weighted by Gasteiger charge is -2.02. The lowest BCUT2D eigenvalue weighted by molar-refractivity contribution is -0.384. The van der Waals surface area contributed by atoms with Crippen molar-refractivity contribution in [3.63, 3.8) is 0 Å². The average Bonchev–Trinajstić information content (AvgIpc) is 3.05. The van der Waals surface area contributed by atoms with Crippen LogP contribution >= 0.6 is 0 Å². The van der Waals surface area contributed by atoms with Crippen molar-refractivity contribution in [1.82, 2.24) is 14.3 Å². The quantitative estimate of drug-likeness (QED) is 0.591. The molecule has 3 aromatic rings. The van der Waals surface area contributed by atoms with Gasteiger partial charge in [-0.2, -0.15) is 5.10 Å². The molecule has 0 saturated heterocycles. The number of nitrogens with zero attached hydrogens (tertiary/aromatic N) is 4. The van der Waals surface area contributed by atoms with Crippen molar-refractivity contribution < 1.29 is 10.0 Å².